The maximum Gasteiger partial charge on any atom is 0.130 e. The van der Waals surface area contributed by atoms with Gasteiger partial charge in [0, 0.05) is 45.8 Å². The van der Waals surface area contributed by atoms with E-state index in [0.717, 1.165) is 30.2 Å². The Bertz CT molecular complexity index is 661. The van der Waals surface area contributed by atoms with Gasteiger partial charge in [-0.05, 0) is 38.7 Å². The number of likely N-dealkylation sites (N-methyl/N-ethyl adjacent to an activating group) is 1. The number of benzene rings is 1. The van der Waals surface area contributed by atoms with E-state index in [0.29, 0.717) is 0 Å². The molecule has 24 heavy (non-hydrogen) atoms. The summed E-state index contributed by atoms with van der Waals surface area (Å²) < 4.78 is 15.1. The average molecular weight is 333 g/mol. The number of hydrogen-bond donors (Lipinski definition) is 1. The Morgan fingerprint density at radius 1 is 1.17 bits per heavy atom. The maximum atomic E-state index is 13.1. The topological polar surface area (TPSA) is 36.3 Å². The predicted octanol–water partition coefficient (Wildman–Crippen LogP) is 2.33. The summed E-state index contributed by atoms with van der Waals surface area (Å²) in [6, 6.07) is 6.91. The molecule has 0 saturated carbocycles. The predicted molar refractivity (Wildman–Crippen MR) is 96.8 cm³/mol. The lowest BCUT2D eigenvalue weighted by atomic mass is 10.1. The maximum absolute atomic E-state index is 13.1. The van der Waals surface area contributed by atoms with Gasteiger partial charge in [-0.3, -0.25) is 4.68 Å². The molecule has 0 spiro atoms. The lowest BCUT2D eigenvalue weighted by Crippen LogP contribution is -2.31. The molecule has 0 bridgehead atoms. The molecule has 0 aliphatic carbocycles. The average Bonchev–Trinajstić information content (AvgIpc) is 2.78. The van der Waals surface area contributed by atoms with Crippen molar-refractivity contribution in [2.24, 2.45) is 7.05 Å². The molecule has 5 nitrogen and oxygen atoms in total. The van der Waals surface area contributed by atoms with Crippen molar-refractivity contribution in [2.45, 2.75) is 19.5 Å². The van der Waals surface area contributed by atoms with E-state index in [4.69, 9.17) is 0 Å². The Balaban J connectivity index is 2.08. The molecule has 0 saturated heterocycles. The van der Waals surface area contributed by atoms with Gasteiger partial charge < -0.3 is 15.1 Å². The van der Waals surface area contributed by atoms with Crippen molar-refractivity contribution in [3.8, 4) is 0 Å². The van der Waals surface area contributed by atoms with Gasteiger partial charge in [0.25, 0.3) is 0 Å². The summed E-state index contributed by atoms with van der Waals surface area (Å²) in [5, 5.41) is 8.05. The van der Waals surface area contributed by atoms with Crippen molar-refractivity contribution in [3.63, 3.8) is 0 Å². The minimum absolute atomic E-state index is 0.186. The quantitative estimate of drug-likeness (QED) is 0.844. The van der Waals surface area contributed by atoms with Crippen molar-refractivity contribution in [1.82, 2.24) is 20.0 Å². The highest BCUT2D eigenvalue weighted by molar-refractivity contribution is 5.48. The highest BCUT2D eigenvalue weighted by atomic mass is 19.1. The van der Waals surface area contributed by atoms with Crippen molar-refractivity contribution in [3.05, 3.63) is 46.9 Å². The fourth-order valence-electron chi connectivity index (χ4n) is 3.07. The number of nitrogens with zero attached hydrogens (tertiary/aromatic N) is 4. The number of rotatable bonds is 7. The van der Waals surface area contributed by atoms with Crippen molar-refractivity contribution < 1.29 is 4.39 Å². The van der Waals surface area contributed by atoms with Gasteiger partial charge in [0.15, 0.2) is 0 Å². The van der Waals surface area contributed by atoms with Gasteiger partial charge >= 0.3 is 0 Å². The van der Waals surface area contributed by atoms with Crippen LogP contribution in [-0.4, -0.2) is 49.4 Å². The molecule has 6 heteroatoms. The second kappa shape index (κ2) is 7.77. The summed E-state index contributed by atoms with van der Waals surface area (Å²) in [4.78, 5) is 4.23. The highest BCUT2D eigenvalue weighted by Gasteiger charge is 2.17. The van der Waals surface area contributed by atoms with Crippen LogP contribution in [0.2, 0.25) is 0 Å². The number of nitrogens with one attached hydrogen (secondary N) is 1. The van der Waals surface area contributed by atoms with E-state index in [1.165, 1.54) is 17.7 Å². The number of aromatic nitrogens is 2. The van der Waals surface area contributed by atoms with Crippen LogP contribution >= 0.6 is 0 Å². The van der Waals surface area contributed by atoms with Crippen molar-refractivity contribution in [1.29, 1.82) is 0 Å². The molecule has 1 atom stereocenters. The Morgan fingerprint density at radius 3 is 2.33 bits per heavy atom. The van der Waals surface area contributed by atoms with Gasteiger partial charge in [-0.2, -0.15) is 5.10 Å². The van der Waals surface area contributed by atoms with E-state index in [1.54, 1.807) is 0 Å². The summed E-state index contributed by atoms with van der Waals surface area (Å²) in [6.07, 6.45) is 0. The Hall–Kier alpha value is -1.92. The monoisotopic (exact) mass is 333 g/mol. The molecule has 0 amide bonds. The molecule has 2 rings (SSSR count). The SMILES string of the molecule is Cc1nn(C)c(N(C)C)c1CNCC(c1ccc(F)cc1)N(C)C. The standard InChI is InChI=1S/C18H28FN5/c1-13-16(18(23(4)5)24(6)21-13)11-20-12-17(22(2)3)14-7-9-15(19)10-8-14/h7-10,17,20H,11-12H2,1-6H3. The molecule has 1 aromatic heterocycles. The highest BCUT2D eigenvalue weighted by Crippen LogP contribution is 2.22. The van der Waals surface area contributed by atoms with Crippen LogP contribution in [0.15, 0.2) is 24.3 Å². The molecule has 2 aromatic rings. The third-order valence-electron chi connectivity index (χ3n) is 4.25. The number of aryl methyl sites for hydroxylation is 2. The van der Waals surface area contributed by atoms with Crippen LogP contribution in [-0.2, 0) is 13.6 Å². The molecule has 0 radical (unpaired) electrons. The van der Waals surface area contributed by atoms with Crippen LogP contribution in [0.25, 0.3) is 0 Å². The van der Waals surface area contributed by atoms with E-state index in [-0.39, 0.29) is 11.9 Å². The summed E-state index contributed by atoms with van der Waals surface area (Å²) in [7, 11) is 10.1. The molecular weight excluding hydrogens is 305 g/mol. The van der Waals surface area contributed by atoms with Gasteiger partial charge in [-0.1, -0.05) is 12.1 Å². The second-order valence-corrected chi connectivity index (χ2v) is 6.57. The molecule has 1 heterocycles. The Kier molecular flexibility index (Phi) is 5.96. The normalized spacial score (nSPS) is 12.7. The number of anilines is 1. The fraction of sp³-hybridized carbons (Fsp3) is 0.500. The van der Waals surface area contributed by atoms with Crippen LogP contribution in [0.5, 0.6) is 0 Å². The van der Waals surface area contributed by atoms with Crippen LogP contribution in [0.3, 0.4) is 0 Å². The molecule has 0 fully saturated rings. The molecule has 0 aliphatic rings. The van der Waals surface area contributed by atoms with Crippen LogP contribution < -0.4 is 10.2 Å². The van der Waals surface area contributed by atoms with Gasteiger partial charge in [0.2, 0.25) is 0 Å². The first kappa shape index (κ1) is 18.4. The molecule has 132 valence electrons. The minimum Gasteiger partial charge on any atom is -0.363 e. The van der Waals surface area contributed by atoms with Gasteiger partial charge in [0.1, 0.15) is 11.6 Å². The zero-order valence-electron chi connectivity index (χ0n) is 15.5. The molecule has 0 aliphatic heterocycles. The second-order valence-electron chi connectivity index (χ2n) is 6.57. The molecule has 1 N–H and O–H groups in total. The Morgan fingerprint density at radius 2 is 1.79 bits per heavy atom. The first-order valence-electron chi connectivity index (χ1n) is 8.13. The van der Waals surface area contributed by atoms with Gasteiger partial charge in [-0.25, -0.2) is 4.39 Å². The number of hydrogen-bond acceptors (Lipinski definition) is 4. The lowest BCUT2D eigenvalue weighted by molar-refractivity contribution is 0.288. The largest absolute Gasteiger partial charge is 0.363 e. The first-order chi connectivity index (χ1) is 11.3. The number of halogens is 1. The zero-order valence-corrected chi connectivity index (χ0v) is 15.5. The first-order valence-corrected chi connectivity index (χ1v) is 8.13. The van der Waals surface area contributed by atoms with E-state index < -0.39 is 0 Å². The third kappa shape index (κ3) is 4.13. The van der Waals surface area contributed by atoms with Crippen LogP contribution in [0, 0.1) is 12.7 Å². The summed E-state index contributed by atoms with van der Waals surface area (Å²) in [5.41, 5.74) is 3.35. The smallest absolute Gasteiger partial charge is 0.130 e. The summed E-state index contributed by atoms with van der Waals surface area (Å²) >= 11 is 0. The van der Waals surface area contributed by atoms with Crippen LogP contribution in [0.4, 0.5) is 10.2 Å². The van der Waals surface area contributed by atoms with E-state index in [9.17, 15) is 4.39 Å². The van der Waals surface area contributed by atoms with E-state index in [1.807, 2.05) is 59.0 Å². The van der Waals surface area contributed by atoms with E-state index in [2.05, 4.69) is 20.2 Å². The summed E-state index contributed by atoms with van der Waals surface area (Å²) in [6.45, 7) is 3.56. The van der Waals surface area contributed by atoms with Crippen LogP contribution in [0.1, 0.15) is 22.9 Å². The van der Waals surface area contributed by atoms with Gasteiger partial charge in [0.05, 0.1) is 5.69 Å². The molecule has 1 unspecified atom stereocenters. The summed E-state index contributed by atoms with van der Waals surface area (Å²) in [5.74, 6) is 0.911. The fourth-order valence-corrected chi connectivity index (χ4v) is 3.07. The third-order valence-corrected chi connectivity index (χ3v) is 4.25. The van der Waals surface area contributed by atoms with Crippen molar-refractivity contribution >= 4 is 5.82 Å². The lowest BCUT2D eigenvalue weighted by Gasteiger charge is -2.25. The molecule has 1 aromatic carbocycles. The minimum atomic E-state index is -0.203. The van der Waals surface area contributed by atoms with Gasteiger partial charge in [-0.15, -0.1) is 0 Å². The zero-order chi connectivity index (χ0) is 17.9. The molecular formula is C18H28FN5. The van der Waals surface area contributed by atoms with E-state index >= 15 is 0 Å². The Labute approximate surface area is 144 Å². The van der Waals surface area contributed by atoms with Crippen molar-refractivity contribution in [2.75, 3.05) is 39.6 Å².